The fourth-order valence-corrected chi connectivity index (χ4v) is 3.58. The summed E-state index contributed by atoms with van der Waals surface area (Å²) in [6.07, 6.45) is 3.45. The van der Waals surface area contributed by atoms with Gasteiger partial charge < -0.3 is 10.2 Å². The van der Waals surface area contributed by atoms with E-state index in [2.05, 4.69) is 67.7 Å². The maximum absolute atomic E-state index is 6.11. The Bertz CT molecular complexity index is 1190. The van der Waals surface area contributed by atoms with Crippen LogP contribution in [0.25, 0.3) is 11.4 Å². The van der Waals surface area contributed by atoms with Gasteiger partial charge >= 0.3 is 0 Å². The van der Waals surface area contributed by atoms with Gasteiger partial charge in [0.25, 0.3) is 0 Å². The maximum Gasteiger partial charge on any atom is 0.214 e. The number of benzene rings is 2. The number of nitrogens with one attached hydrogen (secondary N) is 2. The number of aromatic amines is 1. The molecule has 30 heavy (non-hydrogen) atoms. The molecule has 4 aromatic rings. The number of halogens is 1. The van der Waals surface area contributed by atoms with Crippen molar-refractivity contribution in [3.63, 3.8) is 0 Å². The third kappa shape index (κ3) is 4.77. The van der Waals surface area contributed by atoms with Gasteiger partial charge in [0, 0.05) is 28.0 Å². The summed E-state index contributed by atoms with van der Waals surface area (Å²) in [6.45, 7) is 3.08. The zero-order chi connectivity index (χ0) is 20.9. The van der Waals surface area contributed by atoms with E-state index in [1.54, 1.807) is 17.1 Å². The van der Waals surface area contributed by atoms with E-state index in [9.17, 15) is 0 Å². The molecule has 0 saturated heterocycles. The Morgan fingerprint density at radius 1 is 1.10 bits per heavy atom. The Kier molecular flexibility index (Phi) is 6.25. The molecule has 0 radical (unpaired) electrons. The molecule has 2 aromatic carbocycles. The lowest BCUT2D eigenvalue weighted by Crippen LogP contribution is -2.16. The summed E-state index contributed by atoms with van der Waals surface area (Å²) in [5.41, 5.74) is 7.61. The van der Waals surface area contributed by atoms with Crippen molar-refractivity contribution in [2.45, 2.75) is 20.1 Å². The van der Waals surface area contributed by atoms with Crippen LogP contribution in [0, 0.1) is 11.7 Å². The summed E-state index contributed by atoms with van der Waals surface area (Å²) in [5, 5.41) is 7.18. The fraction of sp³-hybridized carbons (Fsp3) is 0.136. The van der Waals surface area contributed by atoms with E-state index >= 15 is 0 Å². The van der Waals surface area contributed by atoms with Crippen LogP contribution in [0.2, 0.25) is 0 Å². The van der Waals surface area contributed by atoms with E-state index in [1.807, 2.05) is 30.3 Å². The second kappa shape index (κ2) is 9.23. The first kappa shape index (κ1) is 20.3. The van der Waals surface area contributed by atoms with Gasteiger partial charge in [-0.25, -0.2) is 9.77 Å². The molecule has 0 bridgehead atoms. The van der Waals surface area contributed by atoms with Crippen molar-refractivity contribution in [1.29, 1.82) is 0 Å². The van der Waals surface area contributed by atoms with Crippen LogP contribution in [0.3, 0.4) is 0 Å². The second-order valence-electron chi connectivity index (χ2n) is 6.78. The van der Waals surface area contributed by atoms with Gasteiger partial charge in [-0.3, -0.25) is 4.98 Å². The molecular formula is C22H20BrN5OS. The van der Waals surface area contributed by atoms with Gasteiger partial charge in [-0.05, 0) is 55.0 Å². The highest BCUT2D eigenvalue weighted by atomic mass is 79.9. The molecule has 0 atom stereocenters. The van der Waals surface area contributed by atoms with Gasteiger partial charge in [0.2, 0.25) is 4.77 Å². The molecule has 6 nitrogen and oxygen atoms in total. The molecule has 0 aliphatic carbocycles. The molecule has 2 aromatic heterocycles. The molecule has 2 heterocycles. The summed E-state index contributed by atoms with van der Waals surface area (Å²) < 4.78 is 9.33. The van der Waals surface area contributed by atoms with Crippen LogP contribution in [0.4, 0.5) is 0 Å². The van der Waals surface area contributed by atoms with Crippen molar-refractivity contribution in [2.75, 3.05) is 5.43 Å². The summed E-state index contributed by atoms with van der Waals surface area (Å²) in [4.78, 5) is 4.06. The zero-order valence-electron chi connectivity index (χ0n) is 16.3. The lowest BCUT2D eigenvalue weighted by Gasteiger charge is -2.15. The molecule has 0 spiro atoms. The first-order chi connectivity index (χ1) is 14.6. The lowest BCUT2D eigenvalue weighted by molar-refractivity contribution is 0.303. The average molecular weight is 482 g/mol. The molecule has 0 amide bonds. The highest BCUT2D eigenvalue weighted by molar-refractivity contribution is 9.10. The first-order valence-electron chi connectivity index (χ1n) is 9.38. The van der Waals surface area contributed by atoms with Crippen molar-refractivity contribution in [3.8, 4) is 17.1 Å². The van der Waals surface area contributed by atoms with Crippen molar-refractivity contribution in [1.82, 2.24) is 19.9 Å². The summed E-state index contributed by atoms with van der Waals surface area (Å²) in [7, 11) is 0. The number of nitrogens with zero attached hydrogens (tertiary/aromatic N) is 3. The Balaban J connectivity index is 1.53. The standard InChI is InChI=1S/C22H20BrN5OS/c1-15-2-4-16(5-3-15)14-29-20-7-6-19(23)12-18(20)13-25-28-21(26-27-22(28)30)17-8-10-24-11-9-17/h2-12,25H,13-14H2,1H3,(H,27,30). The number of ether oxygens (including phenoxy) is 1. The smallest absolute Gasteiger partial charge is 0.214 e. The lowest BCUT2D eigenvalue weighted by atomic mass is 10.1. The average Bonchev–Trinajstić information content (AvgIpc) is 3.13. The van der Waals surface area contributed by atoms with Gasteiger partial charge in [0.1, 0.15) is 12.4 Å². The highest BCUT2D eigenvalue weighted by Gasteiger charge is 2.11. The van der Waals surface area contributed by atoms with Gasteiger partial charge in [-0.1, -0.05) is 45.8 Å². The van der Waals surface area contributed by atoms with Crippen LogP contribution in [-0.2, 0) is 13.2 Å². The fourth-order valence-electron chi connectivity index (χ4n) is 2.97. The number of H-pyrrole nitrogens is 1. The summed E-state index contributed by atoms with van der Waals surface area (Å²) in [5.74, 6) is 1.51. The molecule has 0 aliphatic heterocycles. The van der Waals surface area contributed by atoms with Crippen molar-refractivity contribution in [3.05, 3.63) is 92.9 Å². The SMILES string of the molecule is Cc1ccc(COc2ccc(Br)cc2CNn2c(-c3ccncc3)n[nH]c2=S)cc1. The van der Waals surface area contributed by atoms with Gasteiger partial charge in [0.05, 0.1) is 6.54 Å². The van der Waals surface area contributed by atoms with E-state index in [-0.39, 0.29) is 0 Å². The quantitative estimate of drug-likeness (QED) is 0.346. The zero-order valence-corrected chi connectivity index (χ0v) is 18.7. The van der Waals surface area contributed by atoms with E-state index < -0.39 is 0 Å². The highest BCUT2D eigenvalue weighted by Crippen LogP contribution is 2.25. The van der Waals surface area contributed by atoms with Crippen molar-refractivity contribution in [2.24, 2.45) is 0 Å². The topological polar surface area (TPSA) is 67.8 Å². The molecule has 0 aliphatic rings. The minimum atomic E-state index is 0.485. The third-order valence-corrected chi connectivity index (χ3v) is 5.34. The predicted molar refractivity (Wildman–Crippen MR) is 123 cm³/mol. The number of aryl methyl sites for hydroxylation is 1. The molecule has 0 unspecified atom stereocenters. The summed E-state index contributed by atoms with van der Waals surface area (Å²) >= 11 is 8.95. The molecule has 8 heteroatoms. The van der Waals surface area contributed by atoms with Crippen LogP contribution in [0.1, 0.15) is 16.7 Å². The van der Waals surface area contributed by atoms with Gasteiger partial charge in [0.15, 0.2) is 5.82 Å². The number of pyridine rings is 1. The normalized spacial score (nSPS) is 10.7. The van der Waals surface area contributed by atoms with Crippen LogP contribution in [-0.4, -0.2) is 19.9 Å². The predicted octanol–water partition coefficient (Wildman–Crippen LogP) is 5.40. The van der Waals surface area contributed by atoms with Gasteiger partial charge in [-0.2, -0.15) is 5.10 Å². The number of hydrogen-bond acceptors (Lipinski definition) is 5. The van der Waals surface area contributed by atoms with Crippen molar-refractivity contribution < 1.29 is 4.74 Å². The Morgan fingerprint density at radius 2 is 1.87 bits per heavy atom. The van der Waals surface area contributed by atoms with E-state index in [1.165, 1.54) is 5.56 Å². The van der Waals surface area contributed by atoms with Crippen molar-refractivity contribution >= 4 is 28.1 Å². The minimum Gasteiger partial charge on any atom is -0.489 e. The van der Waals surface area contributed by atoms with Gasteiger partial charge in [-0.15, -0.1) is 0 Å². The van der Waals surface area contributed by atoms with E-state index in [4.69, 9.17) is 17.0 Å². The van der Waals surface area contributed by atoms with Crippen LogP contribution in [0.5, 0.6) is 5.75 Å². The largest absolute Gasteiger partial charge is 0.489 e. The summed E-state index contributed by atoms with van der Waals surface area (Å²) in [6, 6.07) is 18.1. The number of aromatic nitrogens is 4. The maximum atomic E-state index is 6.11. The van der Waals surface area contributed by atoms with E-state index in [0.29, 0.717) is 23.7 Å². The minimum absolute atomic E-state index is 0.485. The Hall–Kier alpha value is -2.97. The molecule has 0 fully saturated rings. The van der Waals surface area contributed by atoms with Crippen LogP contribution < -0.4 is 10.2 Å². The molecule has 2 N–H and O–H groups in total. The number of rotatable bonds is 7. The van der Waals surface area contributed by atoms with Crippen LogP contribution in [0.15, 0.2) is 71.5 Å². The molecule has 152 valence electrons. The Labute approximate surface area is 188 Å². The Morgan fingerprint density at radius 3 is 2.63 bits per heavy atom. The molecule has 0 saturated carbocycles. The monoisotopic (exact) mass is 481 g/mol. The molecular weight excluding hydrogens is 462 g/mol. The third-order valence-electron chi connectivity index (χ3n) is 4.58. The molecule has 4 rings (SSSR count). The number of hydrogen-bond donors (Lipinski definition) is 2. The van der Waals surface area contributed by atoms with Crippen LogP contribution >= 0.6 is 28.1 Å². The second-order valence-corrected chi connectivity index (χ2v) is 8.09. The first-order valence-corrected chi connectivity index (χ1v) is 10.6. The van der Waals surface area contributed by atoms with E-state index in [0.717, 1.165) is 26.9 Å².